The van der Waals surface area contributed by atoms with E-state index in [1.165, 1.54) is 18.2 Å². The maximum atomic E-state index is 14.0. The van der Waals surface area contributed by atoms with Gasteiger partial charge in [-0.15, -0.1) is 4.68 Å². The molecule has 2 bridgehead atoms. The standard InChI is InChI=1S/C21H22FN5O2/c1-11-19-13-7-18(20(23)24-9-13)29-12(2)16-8-14(22)5-6-15(16)21(28)26(3)10-17(19)27(4)25-11/h5-9,12H,10H2,1-4H3,(H2,23,24)/p+1/t12-/m1/s1. The number of nitrogen functional groups attached to an aromatic ring is 1. The number of H-pyrrole nitrogens is 1. The number of nitrogens with zero attached hydrogens (tertiary/aromatic N) is 3. The first-order valence-electron chi connectivity index (χ1n) is 9.31. The highest BCUT2D eigenvalue weighted by molar-refractivity contribution is 5.95. The summed E-state index contributed by atoms with van der Waals surface area (Å²) in [6.45, 7) is 4.08. The van der Waals surface area contributed by atoms with Crippen LogP contribution >= 0.6 is 0 Å². The van der Waals surface area contributed by atoms with Crippen molar-refractivity contribution < 1.29 is 18.6 Å². The zero-order chi connectivity index (χ0) is 20.9. The molecule has 0 fully saturated rings. The number of aryl methyl sites for hydroxylation is 2. The third-order valence-electron chi connectivity index (χ3n) is 5.29. The molecule has 0 spiro atoms. The lowest BCUT2D eigenvalue weighted by molar-refractivity contribution is -0.734. The van der Waals surface area contributed by atoms with E-state index in [0.29, 0.717) is 23.4 Å². The predicted molar refractivity (Wildman–Crippen MR) is 106 cm³/mol. The number of hydrogen-bond donors (Lipinski definition) is 2. The van der Waals surface area contributed by atoms with Crippen molar-refractivity contribution in [3.05, 3.63) is 58.8 Å². The van der Waals surface area contributed by atoms with E-state index < -0.39 is 11.9 Å². The van der Waals surface area contributed by atoms with E-state index in [2.05, 4.69) is 10.1 Å². The molecule has 0 saturated heterocycles. The van der Waals surface area contributed by atoms with E-state index in [0.717, 1.165) is 22.5 Å². The molecule has 1 aromatic carbocycles. The quantitative estimate of drug-likeness (QED) is 0.572. The number of rotatable bonds is 0. The number of carbonyl (C=O) groups excluding carboxylic acids is 1. The van der Waals surface area contributed by atoms with Crippen molar-refractivity contribution in [1.82, 2.24) is 15.0 Å². The molecule has 3 heterocycles. The highest BCUT2D eigenvalue weighted by atomic mass is 19.1. The molecule has 1 amide bonds. The van der Waals surface area contributed by atoms with Crippen molar-refractivity contribution in [2.24, 2.45) is 7.05 Å². The Hall–Kier alpha value is -3.42. The van der Waals surface area contributed by atoms with Crippen LogP contribution in [0.5, 0.6) is 5.75 Å². The second-order valence-corrected chi connectivity index (χ2v) is 7.38. The topological polar surface area (TPSA) is 88.1 Å². The maximum Gasteiger partial charge on any atom is 0.254 e. The van der Waals surface area contributed by atoms with Crippen molar-refractivity contribution in [2.45, 2.75) is 26.5 Å². The molecule has 0 radical (unpaired) electrons. The summed E-state index contributed by atoms with van der Waals surface area (Å²) >= 11 is 0. The molecule has 2 aromatic heterocycles. The van der Waals surface area contributed by atoms with E-state index in [9.17, 15) is 9.18 Å². The number of amides is 1. The summed E-state index contributed by atoms with van der Waals surface area (Å²) in [4.78, 5) is 19.1. The van der Waals surface area contributed by atoms with Crippen molar-refractivity contribution in [3.63, 3.8) is 0 Å². The number of carbonyl (C=O) groups is 1. The third-order valence-corrected chi connectivity index (χ3v) is 5.29. The van der Waals surface area contributed by atoms with Crippen LogP contribution in [0, 0.1) is 12.7 Å². The average molecular weight is 396 g/mol. The summed E-state index contributed by atoms with van der Waals surface area (Å²) in [5, 5.41) is 3.27. The van der Waals surface area contributed by atoms with Crippen molar-refractivity contribution in [3.8, 4) is 16.9 Å². The number of nitrogens with two attached hydrogens (primary N) is 1. The molecule has 1 aliphatic heterocycles. The number of hydrogen-bond acceptors (Lipinski definition) is 4. The number of nitrogens with one attached hydrogen (secondary N) is 1. The van der Waals surface area contributed by atoms with E-state index >= 15 is 0 Å². The normalized spacial score (nSPS) is 16.4. The Balaban J connectivity index is 1.97. The van der Waals surface area contributed by atoms with Crippen LogP contribution in [-0.4, -0.2) is 27.9 Å². The summed E-state index contributed by atoms with van der Waals surface area (Å²) in [5.41, 5.74) is 10.5. The fraction of sp³-hybridized carbons (Fsp3) is 0.286. The third kappa shape index (κ3) is 3.20. The van der Waals surface area contributed by atoms with Gasteiger partial charge in [-0.25, -0.2) is 9.37 Å². The molecule has 3 N–H and O–H groups in total. The second kappa shape index (κ2) is 6.88. The zero-order valence-corrected chi connectivity index (χ0v) is 16.8. The minimum Gasteiger partial charge on any atom is -0.482 e. The van der Waals surface area contributed by atoms with Crippen LogP contribution in [0.2, 0.25) is 0 Å². The predicted octanol–water partition coefficient (Wildman–Crippen LogP) is 2.66. The zero-order valence-electron chi connectivity index (χ0n) is 16.8. The van der Waals surface area contributed by atoms with Gasteiger partial charge in [0.25, 0.3) is 5.91 Å². The molecular weight excluding hydrogens is 373 g/mol. The van der Waals surface area contributed by atoms with Gasteiger partial charge in [-0.05, 0) is 38.1 Å². The highest BCUT2D eigenvalue weighted by Crippen LogP contribution is 2.34. The number of halogens is 1. The number of fused-ring (bicyclic) bond motifs is 5. The van der Waals surface area contributed by atoms with Crippen molar-refractivity contribution >= 4 is 11.7 Å². The van der Waals surface area contributed by atoms with Crippen LogP contribution in [0.4, 0.5) is 10.2 Å². The van der Waals surface area contributed by atoms with Crippen LogP contribution in [0.1, 0.15) is 40.3 Å². The lowest BCUT2D eigenvalue weighted by Crippen LogP contribution is -2.39. The first kappa shape index (κ1) is 18.9. The largest absolute Gasteiger partial charge is 0.482 e. The molecule has 8 heteroatoms. The van der Waals surface area contributed by atoms with Gasteiger partial charge in [-0.2, -0.15) is 5.10 Å². The smallest absolute Gasteiger partial charge is 0.254 e. The molecule has 29 heavy (non-hydrogen) atoms. The SMILES string of the molecule is Cc1[nH][n+](C)c2c1-c1cnc(N)c(c1)O[C@H](C)c1cc(F)ccc1C(=O)N(C)C2. The van der Waals surface area contributed by atoms with Gasteiger partial charge in [0.2, 0.25) is 5.69 Å². The van der Waals surface area contributed by atoms with Crippen molar-refractivity contribution in [2.75, 3.05) is 12.8 Å². The van der Waals surface area contributed by atoms with Gasteiger partial charge in [-0.1, -0.05) is 0 Å². The van der Waals surface area contributed by atoms with Gasteiger partial charge >= 0.3 is 0 Å². The molecule has 4 rings (SSSR count). The first-order chi connectivity index (χ1) is 13.8. The van der Waals surface area contributed by atoms with E-state index in [-0.39, 0.29) is 11.7 Å². The fourth-order valence-corrected chi connectivity index (χ4v) is 3.83. The van der Waals surface area contributed by atoms with Gasteiger partial charge < -0.3 is 15.4 Å². The molecule has 1 aliphatic rings. The molecule has 7 nitrogen and oxygen atoms in total. The molecule has 3 aromatic rings. The number of benzene rings is 1. The van der Waals surface area contributed by atoms with E-state index in [1.54, 1.807) is 25.1 Å². The van der Waals surface area contributed by atoms with Gasteiger partial charge in [0.1, 0.15) is 18.5 Å². The monoisotopic (exact) mass is 396 g/mol. The molecule has 1 atom stereocenters. The highest BCUT2D eigenvalue weighted by Gasteiger charge is 2.29. The number of pyridine rings is 1. The fourth-order valence-electron chi connectivity index (χ4n) is 3.83. The minimum atomic E-state index is -0.597. The van der Waals surface area contributed by atoms with Crippen molar-refractivity contribution in [1.29, 1.82) is 0 Å². The Morgan fingerprint density at radius 3 is 2.90 bits per heavy atom. The van der Waals surface area contributed by atoms with Crippen LogP contribution in [-0.2, 0) is 13.6 Å². The molecular formula is C21H23FN5O2+. The second-order valence-electron chi connectivity index (χ2n) is 7.38. The van der Waals surface area contributed by atoms with Gasteiger partial charge in [0, 0.05) is 29.9 Å². The Labute approximate surface area is 167 Å². The summed E-state index contributed by atoms with van der Waals surface area (Å²) < 4.78 is 21.9. The van der Waals surface area contributed by atoms with Crippen LogP contribution in [0.15, 0.2) is 30.5 Å². The van der Waals surface area contributed by atoms with Gasteiger partial charge in [-0.3, -0.25) is 4.79 Å². The Morgan fingerprint density at radius 2 is 2.14 bits per heavy atom. The molecule has 150 valence electrons. The molecule has 0 unspecified atom stereocenters. The number of aromatic amines is 1. The summed E-state index contributed by atoms with van der Waals surface area (Å²) in [5.74, 6) is -0.0221. The Bertz CT molecular complexity index is 1120. The Kier molecular flexibility index (Phi) is 4.49. The summed E-state index contributed by atoms with van der Waals surface area (Å²) in [6.07, 6.45) is 1.09. The number of aromatic nitrogens is 3. The van der Waals surface area contributed by atoms with Crippen LogP contribution in [0.25, 0.3) is 11.1 Å². The number of anilines is 1. The Morgan fingerprint density at radius 1 is 1.38 bits per heavy atom. The lowest BCUT2D eigenvalue weighted by atomic mass is 10.00. The summed E-state index contributed by atoms with van der Waals surface area (Å²) in [7, 11) is 3.62. The number of ether oxygens (including phenoxy) is 1. The van der Waals surface area contributed by atoms with Gasteiger partial charge in [0.05, 0.1) is 11.3 Å². The lowest BCUT2D eigenvalue weighted by Gasteiger charge is -2.23. The van der Waals surface area contributed by atoms with Crippen LogP contribution < -0.4 is 15.2 Å². The minimum absolute atomic E-state index is 0.212. The van der Waals surface area contributed by atoms with Gasteiger partial charge in [0.15, 0.2) is 18.6 Å². The average Bonchev–Trinajstić information content (AvgIpc) is 2.95. The van der Waals surface area contributed by atoms with E-state index in [1.807, 2.05) is 24.7 Å². The molecule has 0 aliphatic carbocycles. The molecule has 0 saturated carbocycles. The van der Waals surface area contributed by atoms with E-state index in [4.69, 9.17) is 10.5 Å². The maximum absolute atomic E-state index is 14.0. The summed E-state index contributed by atoms with van der Waals surface area (Å²) in [6, 6.07) is 5.94. The van der Waals surface area contributed by atoms with Crippen LogP contribution in [0.3, 0.4) is 0 Å². The first-order valence-corrected chi connectivity index (χ1v) is 9.31.